The number of carboxylic acids is 1. The molecule has 0 radical (unpaired) electrons. The summed E-state index contributed by atoms with van der Waals surface area (Å²) in [6.45, 7) is 8.34. The number of amides is 2. The van der Waals surface area contributed by atoms with E-state index in [1.54, 1.807) is 0 Å². The second-order valence-electron chi connectivity index (χ2n) is 4.92. The van der Waals surface area contributed by atoms with Crippen LogP contribution in [0.2, 0.25) is 0 Å². The van der Waals surface area contributed by atoms with Gasteiger partial charge in [-0.25, -0.2) is 4.79 Å². The molecule has 1 rings (SSSR count). The largest absolute Gasteiger partial charge is 0.480 e. The number of urea groups is 1. The molecular weight excluding hydrogens is 246 g/mol. The van der Waals surface area contributed by atoms with Gasteiger partial charge in [-0.05, 0) is 32.9 Å². The fraction of sp³-hybridized carbons (Fsp3) is 0.692. The van der Waals surface area contributed by atoms with Gasteiger partial charge in [0.2, 0.25) is 0 Å². The van der Waals surface area contributed by atoms with Crippen molar-refractivity contribution in [1.29, 1.82) is 0 Å². The normalized spacial score (nSPS) is 16.9. The highest BCUT2D eigenvalue weighted by Crippen LogP contribution is 2.07. The molecule has 1 heterocycles. The molecule has 0 bridgehead atoms. The molecule has 2 N–H and O–H groups in total. The summed E-state index contributed by atoms with van der Waals surface area (Å²) in [6.07, 6.45) is 3.94. The Morgan fingerprint density at radius 2 is 2.11 bits per heavy atom. The highest BCUT2D eigenvalue weighted by atomic mass is 16.4. The van der Waals surface area contributed by atoms with Gasteiger partial charge < -0.3 is 20.2 Å². The van der Waals surface area contributed by atoms with Crippen molar-refractivity contribution in [2.45, 2.75) is 25.8 Å². The Bertz CT molecular complexity index is 327. The maximum Gasteiger partial charge on any atom is 0.323 e. The molecule has 0 saturated carbocycles. The number of carbonyl (C=O) groups is 2. The molecule has 6 nitrogen and oxygen atoms in total. The lowest BCUT2D eigenvalue weighted by molar-refractivity contribution is -0.137. The van der Waals surface area contributed by atoms with E-state index in [0.29, 0.717) is 0 Å². The average Bonchev–Trinajstić information content (AvgIpc) is 2.80. The van der Waals surface area contributed by atoms with Crippen molar-refractivity contribution in [2.24, 2.45) is 0 Å². The molecule has 1 aliphatic heterocycles. The van der Waals surface area contributed by atoms with Crippen LogP contribution in [0.15, 0.2) is 12.7 Å². The van der Waals surface area contributed by atoms with E-state index in [2.05, 4.69) is 16.8 Å². The van der Waals surface area contributed by atoms with Crippen LogP contribution in [0.5, 0.6) is 0 Å². The number of nitrogens with one attached hydrogen (secondary N) is 1. The molecule has 1 atom stereocenters. The van der Waals surface area contributed by atoms with E-state index in [-0.39, 0.29) is 25.2 Å². The molecule has 1 fully saturated rings. The smallest absolute Gasteiger partial charge is 0.323 e. The second-order valence-corrected chi connectivity index (χ2v) is 4.92. The van der Waals surface area contributed by atoms with Crippen molar-refractivity contribution in [3.63, 3.8) is 0 Å². The summed E-state index contributed by atoms with van der Waals surface area (Å²) in [6, 6.07) is -0.347. The molecule has 0 aliphatic carbocycles. The summed E-state index contributed by atoms with van der Waals surface area (Å²) in [4.78, 5) is 26.2. The fourth-order valence-corrected chi connectivity index (χ4v) is 2.24. The SMILES string of the molecule is C=CCN(CC(=O)O)C(=O)NC(C)CN1CCCC1. The number of carbonyl (C=O) groups excluding carboxylic acids is 1. The average molecular weight is 269 g/mol. The molecule has 108 valence electrons. The monoisotopic (exact) mass is 269 g/mol. The lowest BCUT2D eigenvalue weighted by atomic mass is 10.3. The topological polar surface area (TPSA) is 72.9 Å². The zero-order valence-corrected chi connectivity index (χ0v) is 11.5. The molecular formula is C13H23N3O3. The van der Waals surface area contributed by atoms with Crippen molar-refractivity contribution in [3.8, 4) is 0 Å². The van der Waals surface area contributed by atoms with Crippen molar-refractivity contribution >= 4 is 12.0 Å². The second kappa shape index (κ2) is 7.78. The van der Waals surface area contributed by atoms with Crippen LogP contribution >= 0.6 is 0 Å². The summed E-state index contributed by atoms with van der Waals surface area (Å²) in [7, 11) is 0. The summed E-state index contributed by atoms with van der Waals surface area (Å²) < 4.78 is 0. The first-order valence-corrected chi connectivity index (χ1v) is 6.63. The van der Waals surface area contributed by atoms with Crippen LogP contribution in [0.3, 0.4) is 0 Å². The molecule has 19 heavy (non-hydrogen) atoms. The molecule has 0 aromatic carbocycles. The third-order valence-corrected chi connectivity index (χ3v) is 3.06. The van der Waals surface area contributed by atoms with Crippen molar-refractivity contribution in [3.05, 3.63) is 12.7 Å². The van der Waals surface area contributed by atoms with E-state index in [4.69, 9.17) is 5.11 Å². The van der Waals surface area contributed by atoms with E-state index >= 15 is 0 Å². The number of carboxylic acid groups (broad SMARTS) is 1. The first-order valence-electron chi connectivity index (χ1n) is 6.63. The minimum atomic E-state index is -1.02. The fourth-order valence-electron chi connectivity index (χ4n) is 2.24. The molecule has 0 aromatic heterocycles. The highest BCUT2D eigenvalue weighted by molar-refractivity contribution is 5.80. The Balaban J connectivity index is 2.40. The van der Waals surface area contributed by atoms with Gasteiger partial charge >= 0.3 is 12.0 Å². The molecule has 1 aliphatic rings. The van der Waals surface area contributed by atoms with Gasteiger partial charge in [0.15, 0.2) is 0 Å². The Hall–Kier alpha value is -1.56. The van der Waals surface area contributed by atoms with Crippen LogP contribution in [0, 0.1) is 0 Å². The number of aliphatic carboxylic acids is 1. The lowest BCUT2D eigenvalue weighted by Crippen LogP contribution is -2.48. The number of hydrogen-bond donors (Lipinski definition) is 2. The third kappa shape index (κ3) is 5.74. The molecule has 6 heteroatoms. The van der Waals surface area contributed by atoms with Crippen molar-refractivity contribution < 1.29 is 14.7 Å². The molecule has 1 unspecified atom stereocenters. The summed E-state index contributed by atoms with van der Waals surface area (Å²) >= 11 is 0. The predicted molar refractivity (Wildman–Crippen MR) is 73.1 cm³/mol. The molecule has 0 spiro atoms. The van der Waals surface area contributed by atoms with Crippen LogP contribution in [-0.4, -0.2) is 65.7 Å². The van der Waals surface area contributed by atoms with Gasteiger partial charge in [0.05, 0.1) is 0 Å². The minimum Gasteiger partial charge on any atom is -0.480 e. The summed E-state index contributed by atoms with van der Waals surface area (Å²) in [5, 5.41) is 11.6. The molecule has 2 amide bonds. The van der Waals surface area contributed by atoms with Gasteiger partial charge in [-0.3, -0.25) is 4.79 Å². The van der Waals surface area contributed by atoms with E-state index in [1.165, 1.54) is 23.8 Å². The Morgan fingerprint density at radius 1 is 1.47 bits per heavy atom. The number of hydrogen-bond acceptors (Lipinski definition) is 3. The van der Waals surface area contributed by atoms with E-state index in [0.717, 1.165) is 19.6 Å². The van der Waals surface area contributed by atoms with Gasteiger partial charge in [-0.15, -0.1) is 6.58 Å². The first-order chi connectivity index (χ1) is 9.02. The minimum absolute atomic E-state index is 0.00621. The zero-order chi connectivity index (χ0) is 14.3. The standard InChI is InChI=1S/C13H23N3O3/c1-3-6-16(10-12(17)18)13(19)14-11(2)9-15-7-4-5-8-15/h3,11H,1,4-10H2,2H3,(H,14,19)(H,17,18). The van der Waals surface area contributed by atoms with Crippen molar-refractivity contribution in [2.75, 3.05) is 32.7 Å². The number of likely N-dealkylation sites (tertiary alicyclic amines) is 1. The maximum atomic E-state index is 11.9. The van der Waals surface area contributed by atoms with Crippen LogP contribution in [0.4, 0.5) is 4.79 Å². The van der Waals surface area contributed by atoms with Crippen LogP contribution < -0.4 is 5.32 Å². The number of rotatable bonds is 7. The van der Waals surface area contributed by atoms with Crippen molar-refractivity contribution in [1.82, 2.24) is 15.1 Å². The molecule has 1 saturated heterocycles. The Kier molecular flexibility index (Phi) is 6.35. The first kappa shape index (κ1) is 15.5. The number of nitrogens with zero attached hydrogens (tertiary/aromatic N) is 2. The van der Waals surface area contributed by atoms with E-state index in [1.807, 2.05) is 6.92 Å². The zero-order valence-electron chi connectivity index (χ0n) is 11.5. The maximum absolute atomic E-state index is 11.9. The van der Waals surface area contributed by atoms with Crippen LogP contribution in [-0.2, 0) is 4.79 Å². The Morgan fingerprint density at radius 3 is 2.63 bits per heavy atom. The van der Waals surface area contributed by atoms with Gasteiger partial charge in [-0.1, -0.05) is 6.08 Å². The van der Waals surface area contributed by atoms with Gasteiger partial charge in [-0.2, -0.15) is 0 Å². The molecule has 0 aromatic rings. The van der Waals surface area contributed by atoms with E-state index in [9.17, 15) is 9.59 Å². The van der Waals surface area contributed by atoms with Gasteiger partial charge in [0.25, 0.3) is 0 Å². The van der Waals surface area contributed by atoms with Crippen LogP contribution in [0.1, 0.15) is 19.8 Å². The predicted octanol–water partition coefficient (Wildman–Crippen LogP) is 0.753. The highest BCUT2D eigenvalue weighted by Gasteiger charge is 2.19. The van der Waals surface area contributed by atoms with Gasteiger partial charge in [0.1, 0.15) is 6.54 Å². The lowest BCUT2D eigenvalue weighted by Gasteiger charge is -2.25. The van der Waals surface area contributed by atoms with Gasteiger partial charge in [0, 0.05) is 19.1 Å². The third-order valence-electron chi connectivity index (χ3n) is 3.06. The van der Waals surface area contributed by atoms with Crippen LogP contribution in [0.25, 0.3) is 0 Å². The Labute approximate surface area is 114 Å². The quantitative estimate of drug-likeness (QED) is 0.669. The summed E-state index contributed by atoms with van der Waals surface area (Å²) in [5.41, 5.74) is 0. The summed E-state index contributed by atoms with van der Waals surface area (Å²) in [5.74, 6) is -1.02. The van der Waals surface area contributed by atoms with E-state index < -0.39 is 5.97 Å².